The standard InChI is InChI=1S/C26H26N4O2/c31-26(24-7-2-1-4-23(24)17-29-11-10-28-19-29)30-12-13-32-18-20(16-30)14-22-6-3-5-21-8-9-27-15-25(21)22/h1-11,15,19-20H,12-14,16-18H2. The van der Waals surface area contributed by atoms with E-state index in [4.69, 9.17) is 4.74 Å². The van der Waals surface area contributed by atoms with Crippen LogP contribution < -0.4 is 0 Å². The third-order valence-electron chi connectivity index (χ3n) is 6.07. The molecule has 32 heavy (non-hydrogen) atoms. The first-order chi connectivity index (χ1) is 15.8. The Morgan fingerprint density at radius 2 is 1.94 bits per heavy atom. The van der Waals surface area contributed by atoms with Gasteiger partial charge in [0.25, 0.3) is 5.91 Å². The van der Waals surface area contributed by atoms with Gasteiger partial charge in [0.2, 0.25) is 0 Å². The van der Waals surface area contributed by atoms with E-state index >= 15 is 0 Å². The molecule has 5 rings (SSSR count). The summed E-state index contributed by atoms with van der Waals surface area (Å²) in [7, 11) is 0. The maximum atomic E-state index is 13.5. The van der Waals surface area contributed by atoms with Crippen LogP contribution in [-0.4, -0.2) is 51.6 Å². The molecule has 0 radical (unpaired) electrons. The Morgan fingerprint density at radius 3 is 2.84 bits per heavy atom. The summed E-state index contributed by atoms with van der Waals surface area (Å²) in [5.41, 5.74) is 2.99. The van der Waals surface area contributed by atoms with Crippen molar-refractivity contribution in [3.05, 3.63) is 96.3 Å². The molecule has 1 aliphatic heterocycles. The second-order valence-corrected chi connectivity index (χ2v) is 8.30. The number of hydrogen-bond acceptors (Lipinski definition) is 4. The van der Waals surface area contributed by atoms with Crippen LogP contribution in [0.15, 0.2) is 79.6 Å². The van der Waals surface area contributed by atoms with Gasteiger partial charge >= 0.3 is 0 Å². The van der Waals surface area contributed by atoms with Gasteiger partial charge in [-0.25, -0.2) is 4.98 Å². The van der Waals surface area contributed by atoms with E-state index < -0.39 is 0 Å². The number of carbonyl (C=O) groups excluding carboxylic acids is 1. The largest absolute Gasteiger partial charge is 0.379 e. The summed E-state index contributed by atoms with van der Waals surface area (Å²) >= 11 is 0. The molecule has 2 aromatic carbocycles. The van der Waals surface area contributed by atoms with Gasteiger partial charge in [-0.1, -0.05) is 36.4 Å². The lowest BCUT2D eigenvalue weighted by atomic mass is 9.95. The summed E-state index contributed by atoms with van der Waals surface area (Å²) in [5.74, 6) is 0.295. The SMILES string of the molecule is O=C(c1ccccc1Cn1ccnc1)N1CCOCC(Cc2cccc3ccncc23)C1. The highest BCUT2D eigenvalue weighted by molar-refractivity contribution is 5.95. The van der Waals surface area contributed by atoms with Gasteiger partial charge < -0.3 is 14.2 Å². The van der Waals surface area contributed by atoms with E-state index in [1.54, 1.807) is 12.5 Å². The number of benzene rings is 2. The molecule has 0 bridgehead atoms. The lowest BCUT2D eigenvalue weighted by Gasteiger charge is -2.25. The molecule has 6 heteroatoms. The number of carbonyl (C=O) groups is 1. The number of pyridine rings is 1. The highest BCUT2D eigenvalue weighted by Gasteiger charge is 2.25. The summed E-state index contributed by atoms with van der Waals surface area (Å²) in [5, 5.41) is 2.36. The average Bonchev–Trinajstić information content (AvgIpc) is 3.23. The second kappa shape index (κ2) is 9.32. The molecule has 2 aromatic heterocycles. The van der Waals surface area contributed by atoms with Crippen LogP contribution in [0.5, 0.6) is 0 Å². The van der Waals surface area contributed by atoms with E-state index in [2.05, 4.69) is 28.2 Å². The molecule has 6 nitrogen and oxygen atoms in total. The minimum atomic E-state index is 0.0656. The predicted octanol–water partition coefficient (Wildman–Crippen LogP) is 3.81. The van der Waals surface area contributed by atoms with Crippen molar-refractivity contribution < 1.29 is 9.53 Å². The molecule has 0 N–H and O–H groups in total. The average molecular weight is 427 g/mol. The zero-order valence-corrected chi connectivity index (χ0v) is 17.9. The quantitative estimate of drug-likeness (QED) is 0.487. The number of rotatable bonds is 5. The molecular formula is C26H26N4O2. The second-order valence-electron chi connectivity index (χ2n) is 8.30. The highest BCUT2D eigenvalue weighted by atomic mass is 16.5. The Bertz CT molecular complexity index is 1200. The molecule has 1 fully saturated rings. The number of nitrogens with zero attached hydrogens (tertiary/aromatic N) is 4. The van der Waals surface area contributed by atoms with Gasteiger partial charge in [-0.15, -0.1) is 0 Å². The van der Waals surface area contributed by atoms with Gasteiger partial charge in [0.05, 0.1) is 19.5 Å². The molecule has 3 heterocycles. The van der Waals surface area contributed by atoms with Crippen LogP contribution >= 0.6 is 0 Å². The van der Waals surface area contributed by atoms with Crippen LogP contribution in [0, 0.1) is 5.92 Å². The summed E-state index contributed by atoms with van der Waals surface area (Å²) in [4.78, 5) is 23.9. The van der Waals surface area contributed by atoms with E-state index in [9.17, 15) is 4.79 Å². The van der Waals surface area contributed by atoms with Crippen molar-refractivity contribution >= 4 is 16.7 Å². The third kappa shape index (κ3) is 4.41. The van der Waals surface area contributed by atoms with Gasteiger partial charge in [-0.2, -0.15) is 0 Å². The summed E-state index contributed by atoms with van der Waals surface area (Å²) < 4.78 is 7.88. The molecule has 0 saturated carbocycles. The van der Waals surface area contributed by atoms with E-state index in [0.29, 0.717) is 32.8 Å². The lowest BCUT2D eigenvalue weighted by molar-refractivity contribution is 0.0736. The maximum absolute atomic E-state index is 13.5. The fraction of sp³-hybridized carbons (Fsp3) is 0.269. The fourth-order valence-corrected chi connectivity index (χ4v) is 4.47. The van der Waals surface area contributed by atoms with E-state index in [0.717, 1.165) is 17.5 Å². The minimum Gasteiger partial charge on any atom is -0.379 e. The first-order valence-corrected chi connectivity index (χ1v) is 11.0. The Balaban J connectivity index is 1.36. The lowest BCUT2D eigenvalue weighted by Crippen LogP contribution is -2.37. The first kappa shape index (κ1) is 20.4. The van der Waals surface area contributed by atoms with Crippen LogP contribution in [0.3, 0.4) is 0 Å². The monoisotopic (exact) mass is 426 g/mol. The van der Waals surface area contributed by atoms with Crippen molar-refractivity contribution in [2.75, 3.05) is 26.3 Å². The molecule has 1 saturated heterocycles. The van der Waals surface area contributed by atoms with Crippen LogP contribution in [0.1, 0.15) is 21.5 Å². The van der Waals surface area contributed by atoms with Crippen LogP contribution in [0.25, 0.3) is 10.8 Å². The van der Waals surface area contributed by atoms with E-state index in [-0.39, 0.29) is 11.8 Å². The Labute approximate surface area is 187 Å². The van der Waals surface area contributed by atoms with Crippen LogP contribution in [0.2, 0.25) is 0 Å². The number of ether oxygens (including phenoxy) is 1. The van der Waals surface area contributed by atoms with Crippen molar-refractivity contribution in [3.8, 4) is 0 Å². The molecule has 1 atom stereocenters. The molecule has 0 aliphatic carbocycles. The molecule has 4 aromatic rings. The van der Waals surface area contributed by atoms with Crippen molar-refractivity contribution in [2.24, 2.45) is 5.92 Å². The fourth-order valence-electron chi connectivity index (χ4n) is 4.47. The van der Waals surface area contributed by atoms with Crippen molar-refractivity contribution in [2.45, 2.75) is 13.0 Å². The molecule has 0 spiro atoms. The molecule has 1 amide bonds. The topological polar surface area (TPSA) is 60.2 Å². The molecular weight excluding hydrogens is 400 g/mol. The summed E-state index contributed by atoms with van der Waals surface area (Å²) in [6, 6.07) is 16.2. The van der Waals surface area contributed by atoms with Crippen molar-refractivity contribution in [1.29, 1.82) is 0 Å². The molecule has 162 valence electrons. The number of amides is 1. The highest BCUT2D eigenvalue weighted by Crippen LogP contribution is 2.23. The minimum absolute atomic E-state index is 0.0656. The maximum Gasteiger partial charge on any atom is 0.254 e. The van der Waals surface area contributed by atoms with Gasteiger partial charge in [-0.05, 0) is 35.1 Å². The van der Waals surface area contributed by atoms with Gasteiger partial charge in [0.1, 0.15) is 0 Å². The van der Waals surface area contributed by atoms with E-state index in [1.807, 2.05) is 58.4 Å². The first-order valence-electron chi connectivity index (χ1n) is 11.0. The van der Waals surface area contributed by atoms with Crippen molar-refractivity contribution in [1.82, 2.24) is 19.4 Å². The van der Waals surface area contributed by atoms with E-state index in [1.165, 1.54) is 16.3 Å². The zero-order chi connectivity index (χ0) is 21.8. The molecule has 1 aliphatic rings. The summed E-state index contributed by atoms with van der Waals surface area (Å²) in [6.07, 6.45) is 10.0. The predicted molar refractivity (Wildman–Crippen MR) is 123 cm³/mol. The Hall–Kier alpha value is -3.51. The number of imidazole rings is 1. The number of hydrogen-bond donors (Lipinski definition) is 0. The van der Waals surface area contributed by atoms with Gasteiger partial charge in [-0.3, -0.25) is 9.78 Å². The number of aromatic nitrogens is 3. The normalized spacial score (nSPS) is 16.8. The van der Waals surface area contributed by atoms with Crippen LogP contribution in [-0.2, 0) is 17.7 Å². The Morgan fingerprint density at radius 1 is 1.03 bits per heavy atom. The van der Waals surface area contributed by atoms with Gasteiger partial charge in [0, 0.05) is 61.3 Å². The number of fused-ring (bicyclic) bond motifs is 1. The summed E-state index contributed by atoms with van der Waals surface area (Å²) in [6.45, 7) is 3.11. The third-order valence-corrected chi connectivity index (χ3v) is 6.07. The molecule has 1 unspecified atom stereocenters. The zero-order valence-electron chi connectivity index (χ0n) is 17.9. The van der Waals surface area contributed by atoms with Gasteiger partial charge in [0.15, 0.2) is 0 Å². The smallest absolute Gasteiger partial charge is 0.254 e. The Kier molecular flexibility index (Phi) is 5.94. The van der Waals surface area contributed by atoms with Crippen LogP contribution in [0.4, 0.5) is 0 Å². The van der Waals surface area contributed by atoms with Crippen molar-refractivity contribution in [3.63, 3.8) is 0 Å².